The van der Waals surface area contributed by atoms with E-state index in [0.717, 1.165) is 16.8 Å². The fourth-order valence-corrected chi connectivity index (χ4v) is 4.50. The summed E-state index contributed by atoms with van der Waals surface area (Å²) in [6.07, 6.45) is 0.516. The van der Waals surface area contributed by atoms with Crippen LogP contribution in [0.25, 0.3) is 11.5 Å². The normalized spacial score (nSPS) is 12.4. The number of rotatable bonds is 9. The van der Waals surface area contributed by atoms with Gasteiger partial charge in [-0.25, -0.2) is 4.98 Å². The van der Waals surface area contributed by atoms with Gasteiger partial charge in [-0.1, -0.05) is 42.5 Å². The molecule has 1 N–H and O–H groups in total. The maximum absolute atomic E-state index is 13.5. The van der Waals surface area contributed by atoms with Crippen molar-refractivity contribution >= 4 is 17.8 Å². The lowest BCUT2D eigenvalue weighted by molar-refractivity contribution is -0.136. The molecule has 0 atom stereocenters. The zero-order valence-corrected chi connectivity index (χ0v) is 20.8. The van der Waals surface area contributed by atoms with E-state index in [2.05, 4.69) is 4.98 Å². The lowest BCUT2D eigenvalue weighted by Gasteiger charge is -2.17. The summed E-state index contributed by atoms with van der Waals surface area (Å²) in [7, 11) is 0. The Morgan fingerprint density at radius 1 is 1.03 bits per heavy atom. The van der Waals surface area contributed by atoms with Gasteiger partial charge in [0.15, 0.2) is 0 Å². The highest BCUT2D eigenvalue weighted by Crippen LogP contribution is 2.28. The monoisotopic (exact) mass is 510 g/mol. The second kappa shape index (κ2) is 10.7. The molecular weight excluding hydrogens is 484 g/mol. The van der Waals surface area contributed by atoms with E-state index in [1.807, 2.05) is 49.4 Å². The minimum Gasteiger partial charge on any atom is -0.493 e. The Bertz CT molecular complexity index is 1510. The van der Waals surface area contributed by atoms with Crippen molar-refractivity contribution < 1.29 is 28.6 Å². The van der Waals surface area contributed by atoms with Crippen molar-refractivity contribution in [1.29, 1.82) is 0 Å². The highest BCUT2D eigenvalue weighted by atomic mass is 16.5. The molecule has 4 aromatic rings. The van der Waals surface area contributed by atoms with Gasteiger partial charge in [-0.15, -0.1) is 0 Å². The molecule has 0 aliphatic carbocycles. The van der Waals surface area contributed by atoms with Gasteiger partial charge in [0.05, 0.1) is 18.8 Å². The molecule has 0 saturated carbocycles. The third-order valence-corrected chi connectivity index (χ3v) is 6.51. The third-order valence-electron chi connectivity index (χ3n) is 6.51. The summed E-state index contributed by atoms with van der Waals surface area (Å²) < 4.78 is 11.8. The largest absolute Gasteiger partial charge is 0.493 e. The average molecular weight is 511 g/mol. The molecule has 192 valence electrons. The molecular formula is C30H26N2O6. The molecule has 38 heavy (non-hydrogen) atoms. The first kappa shape index (κ1) is 25.0. The molecule has 8 nitrogen and oxygen atoms in total. The first-order chi connectivity index (χ1) is 18.4. The Kier molecular flexibility index (Phi) is 7.04. The van der Waals surface area contributed by atoms with Gasteiger partial charge in [0.2, 0.25) is 5.89 Å². The molecule has 0 saturated heterocycles. The standard InChI is InChI=1S/C30H26N2O6/c1-19-26(31-28(38-19)21-7-3-2-4-8-21)15-16-37-23-13-11-20(12-14-27(33)34)25(17-23)30(36)32-18-22-9-5-6-10-24(22)29(32)35/h2-11,13,17H,12,14-16,18H2,1H3,(H,33,34). The van der Waals surface area contributed by atoms with Gasteiger partial charge in [-0.05, 0) is 54.8 Å². The maximum atomic E-state index is 13.5. The van der Waals surface area contributed by atoms with E-state index in [4.69, 9.17) is 14.3 Å². The van der Waals surface area contributed by atoms with Crippen LogP contribution in [0.5, 0.6) is 5.75 Å². The molecule has 0 fully saturated rings. The summed E-state index contributed by atoms with van der Waals surface area (Å²) in [5, 5.41) is 9.16. The lowest BCUT2D eigenvalue weighted by atomic mass is 10.0. The summed E-state index contributed by atoms with van der Waals surface area (Å²) in [4.78, 5) is 43.4. The Morgan fingerprint density at radius 3 is 2.55 bits per heavy atom. The molecule has 2 amide bonds. The third kappa shape index (κ3) is 5.20. The fourth-order valence-electron chi connectivity index (χ4n) is 4.50. The number of carbonyl (C=O) groups excluding carboxylic acids is 2. The van der Waals surface area contributed by atoms with Crippen LogP contribution in [0.1, 0.15) is 49.7 Å². The zero-order chi connectivity index (χ0) is 26.6. The van der Waals surface area contributed by atoms with Crippen LogP contribution in [0.3, 0.4) is 0 Å². The zero-order valence-electron chi connectivity index (χ0n) is 20.8. The van der Waals surface area contributed by atoms with Gasteiger partial charge in [0.1, 0.15) is 11.5 Å². The van der Waals surface area contributed by atoms with Gasteiger partial charge in [-0.3, -0.25) is 19.3 Å². The summed E-state index contributed by atoms with van der Waals surface area (Å²) in [5.74, 6) is -0.106. The van der Waals surface area contributed by atoms with Gasteiger partial charge in [-0.2, -0.15) is 0 Å². The summed E-state index contributed by atoms with van der Waals surface area (Å²) in [5.41, 5.74) is 3.75. The number of aliphatic carboxylic acids is 1. The van der Waals surface area contributed by atoms with Crippen LogP contribution in [0.4, 0.5) is 0 Å². The second-order valence-electron chi connectivity index (χ2n) is 9.05. The minimum atomic E-state index is -0.966. The number of carboxylic acids is 1. The number of carboxylic acid groups (broad SMARTS) is 1. The van der Waals surface area contributed by atoms with Crippen LogP contribution in [0.2, 0.25) is 0 Å². The molecule has 0 radical (unpaired) electrons. The predicted octanol–water partition coefficient (Wildman–Crippen LogP) is 5.08. The molecule has 3 aromatic carbocycles. The number of ether oxygens (including phenoxy) is 1. The molecule has 0 unspecified atom stereocenters. The van der Waals surface area contributed by atoms with Gasteiger partial charge >= 0.3 is 5.97 Å². The van der Waals surface area contributed by atoms with Crippen LogP contribution in [-0.2, 0) is 24.2 Å². The Labute approximate surface area is 219 Å². The van der Waals surface area contributed by atoms with Crippen LogP contribution in [0, 0.1) is 6.92 Å². The molecule has 1 aliphatic rings. The fraction of sp³-hybridized carbons (Fsp3) is 0.200. The van der Waals surface area contributed by atoms with Gasteiger partial charge in [0, 0.05) is 29.5 Å². The van der Waals surface area contributed by atoms with Crippen molar-refractivity contribution in [3.05, 3.63) is 107 Å². The highest BCUT2D eigenvalue weighted by molar-refractivity contribution is 6.13. The number of nitrogens with zero attached hydrogens (tertiary/aromatic N) is 2. The number of oxazole rings is 1. The Balaban J connectivity index is 1.32. The first-order valence-corrected chi connectivity index (χ1v) is 12.3. The van der Waals surface area contributed by atoms with Crippen molar-refractivity contribution in [1.82, 2.24) is 9.88 Å². The van der Waals surface area contributed by atoms with Gasteiger partial charge < -0.3 is 14.3 Å². The molecule has 1 aromatic heterocycles. The number of amides is 2. The molecule has 0 spiro atoms. The quantitative estimate of drug-likeness (QED) is 0.313. The lowest BCUT2D eigenvalue weighted by Crippen LogP contribution is -2.32. The SMILES string of the molecule is Cc1oc(-c2ccccc2)nc1CCOc1ccc(CCC(=O)O)c(C(=O)N2Cc3ccccc3C2=O)c1. The average Bonchev–Trinajstić information content (AvgIpc) is 3.47. The predicted molar refractivity (Wildman–Crippen MR) is 139 cm³/mol. The molecule has 0 bridgehead atoms. The number of imide groups is 1. The number of aryl methyl sites for hydroxylation is 2. The van der Waals surface area contributed by atoms with Crippen molar-refractivity contribution in [2.75, 3.05) is 6.61 Å². The van der Waals surface area contributed by atoms with Crippen LogP contribution in [0.15, 0.2) is 77.2 Å². The topological polar surface area (TPSA) is 110 Å². The highest BCUT2D eigenvalue weighted by Gasteiger charge is 2.33. The number of aromatic nitrogens is 1. The smallest absolute Gasteiger partial charge is 0.303 e. The molecule has 8 heteroatoms. The van der Waals surface area contributed by atoms with E-state index in [0.29, 0.717) is 34.9 Å². The summed E-state index contributed by atoms with van der Waals surface area (Å²) in [6, 6.07) is 21.7. The number of benzene rings is 3. The summed E-state index contributed by atoms with van der Waals surface area (Å²) >= 11 is 0. The number of fused-ring (bicyclic) bond motifs is 1. The molecule has 5 rings (SSSR count). The van der Waals surface area contributed by atoms with Crippen LogP contribution in [-0.4, -0.2) is 39.4 Å². The van der Waals surface area contributed by atoms with Crippen LogP contribution < -0.4 is 4.74 Å². The Morgan fingerprint density at radius 2 is 1.79 bits per heavy atom. The van der Waals surface area contributed by atoms with Crippen molar-refractivity contribution in [3.63, 3.8) is 0 Å². The van der Waals surface area contributed by atoms with E-state index < -0.39 is 11.9 Å². The van der Waals surface area contributed by atoms with Crippen molar-refractivity contribution in [3.8, 4) is 17.2 Å². The van der Waals surface area contributed by atoms with Gasteiger partial charge in [0.25, 0.3) is 11.8 Å². The molecule has 2 heterocycles. The van der Waals surface area contributed by atoms with Crippen molar-refractivity contribution in [2.45, 2.75) is 32.7 Å². The Hall–Kier alpha value is -4.72. The van der Waals surface area contributed by atoms with E-state index in [1.165, 1.54) is 4.90 Å². The second-order valence-corrected chi connectivity index (χ2v) is 9.05. The van der Waals surface area contributed by atoms with Crippen LogP contribution >= 0.6 is 0 Å². The maximum Gasteiger partial charge on any atom is 0.303 e. The van der Waals surface area contributed by atoms with E-state index >= 15 is 0 Å². The van der Waals surface area contributed by atoms with Crippen molar-refractivity contribution in [2.24, 2.45) is 0 Å². The van der Waals surface area contributed by atoms with E-state index in [-0.39, 0.29) is 37.5 Å². The molecule has 1 aliphatic heterocycles. The van der Waals surface area contributed by atoms with E-state index in [1.54, 1.807) is 30.3 Å². The first-order valence-electron chi connectivity index (χ1n) is 12.3. The summed E-state index contributed by atoms with van der Waals surface area (Å²) in [6.45, 7) is 2.32. The number of carbonyl (C=O) groups is 3. The number of hydrogen-bond donors (Lipinski definition) is 1. The number of hydrogen-bond acceptors (Lipinski definition) is 6. The minimum absolute atomic E-state index is 0.135. The van der Waals surface area contributed by atoms with E-state index in [9.17, 15) is 14.4 Å².